The molecular weight excluding hydrogens is 404 g/mol. The van der Waals surface area contributed by atoms with E-state index in [9.17, 15) is 5.11 Å². The molecule has 2 atom stereocenters. The molecule has 0 saturated heterocycles. The Kier molecular flexibility index (Phi) is 3.62. The van der Waals surface area contributed by atoms with Gasteiger partial charge in [-0.3, -0.25) is 4.99 Å². The largest absolute Gasteiger partial charge is 0.506 e. The van der Waals surface area contributed by atoms with Crippen molar-refractivity contribution in [2.75, 3.05) is 0 Å². The van der Waals surface area contributed by atoms with Crippen LogP contribution in [0.2, 0.25) is 0 Å². The molecule has 6 rings (SSSR count). The second-order valence-corrected chi connectivity index (χ2v) is 8.97. The van der Waals surface area contributed by atoms with Crippen LogP contribution in [0.3, 0.4) is 0 Å². The predicted molar refractivity (Wildman–Crippen MR) is 125 cm³/mol. The van der Waals surface area contributed by atoms with E-state index < -0.39 is 11.9 Å². The lowest BCUT2D eigenvalue weighted by molar-refractivity contribution is 0.460. The summed E-state index contributed by atoms with van der Waals surface area (Å²) in [4.78, 5) is 9.47. The average molecular weight is 427 g/mol. The molecule has 4 nitrogen and oxygen atoms in total. The minimum Gasteiger partial charge on any atom is -0.506 e. The number of fused-ring (bicyclic) bond motifs is 4. The third kappa shape index (κ3) is 3.00. The SMILES string of the molecule is [2H]C1([2H])c2ccccc2[C@]2(C)N=C(c3cccc(Oc4ccc5cccc(O)c5n4)c3)S[C@H]12. The third-order valence-corrected chi connectivity index (χ3v) is 7.17. The van der Waals surface area contributed by atoms with Crippen LogP contribution in [0.4, 0.5) is 0 Å². The Bertz CT molecular complexity index is 1460. The van der Waals surface area contributed by atoms with Crippen LogP contribution in [0.5, 0.6) is 17.4 Å². The normalized spacial score (nSPS) is 24.2. The van der Waals surface area contributed by atoms with Gasteiger partial charge >= 0.3 is 0 Å². The molecule has 3 aromatic carbocycles. The van der Waals surface area contributed by atoms with Gasteiger partial charge in [0.25, 0.3) is 0 Å². The van der Waals surface area contributed by atoms with Crippen LogP contribution in [0.15, 0.2) is 83.9 Å². The first kappa shape index (κ1) is 16.4. The zero-order chi connectivity index (χ0) is 22.8. The van der Waals surface area contributed by atoms with Crippen molar-refractivity contribution in [3.05, 3.63) is 95.6 Å². The summed E-state index contributed by atoms with van der Waals surface area (Å²) in [5.74, 6) is 1.10. The maximum atomic E-state index is 10.1. The molecule has 0 spiro atoms. The zero-order valence-electron chi connectivity index (χ0n) is 18.7. The molecule has 5 heteroatoms. The fourth-order valence-corrected chi connectivity index (χ4v) is 5.53. The molecular formula is C26H20N2O2S. The minimum atomic E-state index is -1.47. The highest BCUT2D eigenvalue weighted by Crippen LogP contribution is 2.51. The molecule has 1 aliphatic heterocycles. The maximum absolute atomic E-state index is 10.1. The van der Waals surface area contributed by atoms with Gasteiger partial charge in [0.05, 0.1) is 10.6 Å². The summed E-state index contributed by atoms with van der Waals surface area (Å²) in [6.07, 6.45) is -1.47. The highest BCUT2D eigenvalue weighted by Gasteiger charge is 2.48. The average Bonchev–Trinajstić information content (AvgIpc) is 3.26. The number of thioether (sulfide) groups is 1. The second-order valence-electron chi connectivity index (χ2n) is 7.88. The molecule has 2 aliphatic rings. The topological polar surface area (TPSA) is 54.7 Å². The number of aliphatic imine (C=N–C) groups is 1. The van der Waals surface area contributed by atoms with Crippen molar-refractivity contribution in [3.63, 3.8) is 0 Å². The van der Waals surface area contributed by atoms with E-state index >= 15 is 0 Å². The van der Waals surface area contributed by atoms with Crippen LogP contribution in [0.1, 0.15) is 26.4 Å². The summed E-state index contributed by atoms with van der Waals surface area (Å²) in [5, 5.41) is 11.4. The van der Waals surface area contributed by atoms with E-state index in [2.05, 4.69) is 4.98 Å². The zero-order valence-corrected chi connectivity index (χ0v) is 17.6. The number of nitrogens with zero attached hydrogens (tertiary/aromatic N) is 2. The Labute approximate surface area is 187 Å². The number of rotatable bonds is 3. The number of hydrogen-bond acceptors (Lipinski definition) is 5. The van der Waals surface area contributed by atoms with Gasteiger partial charge in [0.2, 0.25) is 5.88 Å². The standard InChI is InChI=1S/C26H20N2O2S/c1-26-20-10-3-2-6-17(20)15-22(26)31-25(28-26)18-8-4-9-19(14-18)30-23-13-12-16-7-5-11-21(29)24(16)27-23/h2-14,22,29H,15H2,1H3/t22-,26+/m1/s1/i15D2. The Hall–Kier alpha value is -3.31. The highest BCUT2D eigenvalue weighted by molar-refractivity contribution is 8.15. The van der Waals surface area contributed by atoms with E-state index in [1.165, 1.54) is 11.8 Å². The van der Waals surface area contributed by atoms with Crippen LogP contribution in [0, 0.1) is 0 Å². The Morgan fingerprint density at radius 1 is 1.06 bits per heavy atom. The molecule has 2 heterocycles. The summed E-state index contributed by atoms with van der Waals surface area (Å²) in [6.45, 7) is 2.02. The second kappa shape index (κ2) is 6.86. The lowest BCUT2D eigenvalue weighted by Crippen LogP contribution is -2.23. The Morgan fingerprint density at radius 3 is 2.87 bits per heavy atom. The van der Waals surface area contributed by atoms with Crippen molar-refractivity contribution >= 4 is 27.7 Å². The summed E-state index contributed by atoms with van der Waals surface area (Å²) in [7, 11) is 0. The quantitative estimate of drug-likeness (QED) is 0.432. The van der Waals surface area contributed by atoms with Crippen molar-refractivity contribution in [1.29, 1.82) is 0 Å². The van der Waals surface area contributed by atoms with Gasteiger partial charge in [0.15, 0.2) is 0 Å². The van der Waals surface area contributed by atoms with E-state index in [1.54, 1.807) is 18.2 Å². The van der Waals surface area contributed by atoms with Gasteiger partial charge in [-0.15, -0.1) is 0 Å². The number of para-hydroxylation sites is 1. The van der Waals surface area contributed by atoms with Crippen molar-refractivity contribution in [1.82, 2.24) is 4.98 Å². The number of pyridine rings is 1. The van der Waals surface area contributed by atoms with Gasteiger partial charge in [-0.1, -0.05) is 60.3 Å². The lowest BCUT2D eigenvalue weighted by atomic mass is 9.95. The molecule has 0 fully saturated rings. The van der Waals surface area contributed by atoms with Crippen molar-refractivity contribution < 1.29 is 12.6 Å². The van der Waals surface area contributed by atoms with Crippen LogP contribution < -0.4 is 4.74 Å². The monoisotopic (exact) mass is 426 g/mol. The van der Waals surface area contributed by atoms with Gasteiger partial charge < -0.3 is 9.84 Å². The molecule has 0 saturated carbocycles. The van der Waals surface area contributed by atoms with E-state index in [0.717, 1.165) is 27.1 Å². The first-order chi connectivity index (χ1) is 15.9. The van der Waals surface area contributed by atoms with Crippen molar-refractivity contribution in [2.45, 2.75) is 24.1 Å². The van der Waals surface area contributed by atoms with Gasteiger partial charge in [-0.2, -0.15) is 0 Å². The number of aromatic hydroxyl groups is 1. The van der Waals surface area contributed by atoms with E-state index in [1.807, 2.05) is 67.6 Å². The molecule has 1 aliphatic carbocycles. The molecule has 0 amide bonds. The number of ether oxygens (including phenoxy) is 1. The number of benzene rings is 3. The molecule has 4 aromatic rings. The van der Waals surface area contributed by atoms with Gasteiger partial charge in [0.1, 0.15) is 17.0 Å². The van der Waals surface area contributed by atoms with Crippen LogP contribution in [0.25, 0.3) is 10.9 Å². The van der Waals surface area contributed by atoms with Crippen LogP contribution in [-0.2, 0) is 11.9 Å². The van der Waals surface area contributed by atoms with Crippen molar-refractivity contribution in [3.8, 4) is 17.4 Å². The third-order valence-electron chi connectivity index (χ3n) is 5.81. The number of phenolic OH excluding ortho intramolecular Hbond substituents is 1. The Morgan fingerprint density at radius 2 is 1.94 bits per heavy atom. The molecule has 0 unspecified atom stereocenters. The molecule has 1 N–H and O–H groups in total. The molecule has 31 heavy (non-hydrogen) atoms. The van der Waals surface area contributed by atoms with Gasteiger partial charge in [-0.25, -0.2) is 4.98 Å². The molecule has 152 valence electrons. The van der Waals surface area contributed by atoms with Gasteiger partial charge in [0, 0.05) is 25.0 Å². The maximum Gasteiger partial charge on any atom is 0.219 e. The fourth-order valence-electron chi connectivity index (χ4n) is 4.20. The Balaban J connectivity index is 1.34. The number of phenols is 1. The smallest absolute Gasteiger partial charge is 0.219 e. The van der Waals surface area contributed by atoms with E-state index in [0.29, 0.717) is 17.1 Å². The summed E-state index contributed by atoms with van der Waals surface area (Å²) in [6, 6.07) is 24.2. The summed E-state index contributed by atoms with van der Waals surface area (Å²) < 4.78 is 23.5. The van der Waals surface area contributed by atoms with Crippen LogP contribution in [-0.4, -0.2) is 20.4 Å². The van der Waals surface area contributed by atoms with Crippen molar-refractivity contribution in [2.24, 2.45) is 4.99 Å². The number of aromatic nitrogens is 1. The van der Waals surface area contributed by atoms with Gasteiger partial charge in [-0.05, 0) is 48.7 Å². The molecule has 1 aromatic heterocycles. The summed E-state index contributed by atoms with van der Waals surface area (Å²) >= 11 is 1.49. The fraction of sp³-hybridized carbons (Fsp3) is 0.154. The first-order valence-corrected chi connectivity index (χ1v) is 11.0. The lowest BCUT2D eigenvalue weighted by Gasteiger charge is -2.21. The number of hydrogen-bond donors (Lipinski definition) is 1. The minimum absolute atomic E-state index is 0.109. The predicted octanol–water partition coefficient (Wildman–Crippen LogP) is 6.07. The highest BCUT2D eigenvalue weighted by atomic mass is 32.2. The summed E-state index contributed by atoms with van der Waals surface area (Å²) in [5.41, 5.74) is 2.44. The van der Waals surface area contributed by atoms with E-state index in [-0.39, 0.29) is 11.0 Å². The van der Waals surface area contributed by atoms with E-state index in [4.69, 9.17) is 12.5 Å². The first-order valence-electron chi connectivity index (χ1n) is 11.1. The molecule has 0 bridgehead atoms. The van der Waals surface area contributed by atoms with Crippen LogP contribution >= 0.6 is 11.8 Å². The molecule has 0 radical (unpaired) electrons.